The standard InChI is InChI=1S/C13H18O3S/c1-10-6-8-12(9-7-10)17(14,15)16-13-5-3-4-11(13)2/h6-9,11,13H,3-5H2,1-2H3/t11-,13?/m1/s1. The van der Waals surface area contributed by atoms with Gasteiger partial charge in [-0.1, -0.05) is 31.0 Å². The molecule has 1 aliphatic carbocycles. The van der Waals surface area contributed by atoms with Crippen LogP contribution in [0.3, 0.4) is 0 Å². The molecule has 1 unspecified atom stereocenters. The van der Waals surface area contributed by atoms with Gasteiger partial charge in [-0.25, -0.2) is 0 Å². The maximum absolute atomic E-state index is 12.0. The molecule has 3 nitrogen and oxygen atoms in total. The lowest BCUT2D eigenvalue weighted by molar-refractivity contribution is 0.175. The first kappa shape index (κ1) is 12.6. The van der Waals surface area contributed by atoms with Crippen LogP contribution in [0.25, 0.3) is 0 Å². The highest BCUT2D eigenvalue weighted by molar-refractivity contribution is 7.86. The van der Waals surface area contributed by atoms with Crippen molar-refractivity contribution in [3.05, 3.63) is 29.8 Å². The summed E-state index contributed by atoms with van der Waals surface area (Å²) < 4.78 is 29.4. The van der Waals surface area contributed by atoms with E-state index in [2.05, 4.69) is 0 Å². The van der Waals surface area contributed by atoms with Crippen LogP contribution in [-0.4, -0.2) is 14.5 Å². The van der Waals surface area contributed by atoms with Crippen LogP contribution in [0.4, 0.5) is 0 Å². The van der Waals surface area contributed by atoms with Crippen LogP contribution in [-0.2, 0) is 14.3 Å². The summed E-state index contributed by atoms with van der Waals surface area (Å²) in [5, 5.41) is 0. The van der Waals surface area contributed by atoms with Crippen LogP contribution >= 0.6 is 0 Å². The van der Waals surface area contributed by atoms with E-state index in [9.17, 15) is 8.42 Å². The molecular formula is C13H18O3S. The molecule has 1 saturated carbocycles. The maximum Gasteiger partial charge on any atom is 0.297 e. The van der Waals surface area contributed by atoms with Gasteiger partial charge < -0.3 is 0 Å². The minimum atomic E-state index is -3.59. The second kappa shape index (κ2) is 4.78. The van der Waals surface area contributed by atoms with E-state index in [1.165, 1.54) is 0 Å². The zero-order valence-corrected chi connectivity index (χ0v) is 11.0. The zero-order valence-electron chi connectivity index (χ0n) is 10.2. The molecule has 1 aliphatic rings. The van der Waals surface area contributed by atoms with Gasteiger partial charge in [0, 0.05) is 0 Å². The van der Waals surface area contributed by atoms with E-state index in [1.807, 2.05) is 13.8 Å². The van der Waals surface area contributed by atoms with Crippen molar-refractivity contribution in [1.29, 1.82) is 0 Å². The molecule has 0 aromatic heterocycles. The molecule has 4 heteroatoms. The van der Waals surface area contributed by atoms with Crippen molar-refractivity contribution < 1.29 is 12.6 Å². The van der Waals surface area contributed by atoms with Crippen molar-refractivity contribution in [2.24, 2.45) is 5.92 Å². The highest BCUT2D eigenvalue weighted by Crippen LogP contribution is 2.30. The molecule has 0 saturated heterocycles. The summed E-state index contributed by atoms with van der Waals surface area (Å²) in [6.45, 7) is 3.97. The van der Waals surface area contributed by atoms with Gasteiger partial charge in [-0.15, -0.1) is 0 Å². The van der Waals surface area contributed by atoms with Crippen molar-refractivity contribution in [2.75, 3.05) is 0 Å². The summed E-state index contributed by atoms with van der Waals surface area (Å²) in [6.07, 6.45) is 2.79. The number of rotatable bonds is 3. The Kier molecular flexibility index (Phi) is 3.54. The molecule has 1 fully saturated rings. The van der Waals surface area contributed by atoms with E-state index < -0.39 is 10.1 Å². The van der Waals surface area contributed by atoms with Crippen molar-refractivity contribution in [2.45, 2.75) is 44.1 Å². The fraction of sp³-hybridized carbons (Fsp3) is 0.538. The summed E-state index contributed by atoms with van der Waals surface area (Å²) in [5.74, 6) is 0.329. The van der Waals surface area contributed by atoms with Crippen LogP contribution in [0.2, 0.25) is 0 Å². The summed E-state index contributed by atoms with van der Waals surface area (Å²) in [4.78, 5) is 0.252. The third-order valence-corrected chi connectivity index (χ3v) is 4.69. The van der Waals surface area contributed by atoms with Gasteiger partial charge in [-0.2, -0.15) is 8.42 Å². The minimum absolute atomic E-state index is 0.152. The second-order valence-electron chi connectivity index (χ2n) is 4.81. The van der Waals surface area contributed by atoms with Crippen LogP contribution in [0.15, 0.2) is 29.2 Å². The van der Waals surface area contributed by atoms with Gasteiger partial charge >= 0.3 is 0 Å². The van der Waals surface area contributed by atoms with Crippen molar-refractivity contribution in [1.82, 2.24) is 0 Å². The first-order valence-corrected chi connectivity index (χ1v) is 7.40. The van der Waals surface area contributed by atoms with E-state index in [-0.39, 0.29) is 11.0 Å². The van der Waals surface area contributed by atoms with Gasteiger partial charge in [0.1, 0.15) is 0 Å². The molecule has 94 valence electrons. The normalized spacial score (nSPS) is 25.1. The summed E-state index contributed by atoms with van der Waals surface area (Å²) in [5.41, 5.74) is 1.04. The van der Waals surface area contributed by atoms with Crippen LogP contribution in [0.1, 0.15) is 31.7 Å². The number of benzene rings is 1. The van der Waals surface area contributed by atoms with Crippen molar-refractivity contribution in [3.8, 4) is 0 Å². The monoisotopic (exact) mass is 254 g/mol. The number of aryl methyl sites for hydroxylation is 1. The van der Waals surface area contributed by atoms with Crippen molar-refractivity contribution >= 4 is 10.1 Å². The van der Waals surface area contributed by atoms with E-state index in [0.717, 1.165) is 24.8 Å². The lowest BCUT2D eigenvalue weighted by Gasteiger charge is -2.16. The Bertz CT molecular complexity index is 476. The topological polar surface area (TPSA) is 43.4 Å². The quantitative estimate of drug-likeness (QED) is 0.779. The number of hydrogen-bond acceptors (Lipinski definition) is 3. The first-order chi connectivity index (χ1) is 7.99. The van der Waals surface area contributed by atoms with Crippen LogP contribution in [0, 0.1) is 12.8 Å². The summed E-state index contributed by atoms with van der Waals surface area (Å²) in [7, 11) is -3.59. The smallest absolute Gasteiger partial charge is 0.263 e. The Morgan fingerprint density at radius 3 is 2.35 bits per heavy atom. The lowest BCUT2D eigenvalue weighted by atomic mass is 10.1. The molecule has 0 spiro atoms. The van der Waals surface area contributed by atoms with Gasteiger partial charge in [-0.3, -0.25) is 4.18 Å². The Morgan fingerprint density at radius 2 is 1.82 bits per heavy atom. The average Bonchev–Trinajstić information content (AvgIpc) is 2.64. The first-order valence-electron chi connectivity index (χ1n) is 5.99. The third-order valence-electron chi connectivity index (χ3n) is 3.34. The van der Waals surface area contributed by atoms with E-state index >= 15 is 0 Å². The SMILES string of the molecule is Cc1ccc(S(=O)(=O)OC2CCC[C@H]2C)cc1. The summed E-state index contributed by atoms with van der Waals surface area (Å²) in [6, 6.07) is 6.78. The molecule has 1 aromatic carbocycles. The molecular weight excluding hydrogens is 236 g/mol. The fourth-order valence-electron chi connectivity index (χ4n) is 2.18. The maximum atomic E-state index is 12.0. The molecule has 0 radical (unpaired) electrons. The van der Waals surface area contributed by atoms with Gasteiger partial charge in [0.05, 0.1) is 11.0 Å². The Balaban J connectivity index is 2.16. The van der Waals surface area contributed by atoms with Crippen LogP contribution in [0.5, 0.6) is 0 Å². The molecule has 2 atom stereocenters. The molecule has 0 bridgehead atoms. The van der Waals surface area contributed by atoms with E-state index in [1.54, 1.807) is 24.3 Å². The molecule has 0 aliphatic heterocycles. The van der Waals surface area contributed by atoms with Gasteiger partial charge in [0.15, 0.2) is 0 Å². The molecule has 1 aromatic rings. The van der Waals surface area contributed by atoms with Crippen molar-refractivity contribution in [3.63, 3.8) is 0 Å². The highest BCUT2D eigenvalue weighted by Gasteiger charge is 2.29. The van der Waals surface area contributed by atoms with E-state index in [0.29, 0.717) is 5.92 Å². The molecule has 0 N–H and O–H groups in total. The van der Waals surface area contributed by atoms with Gasteiger partial charge in [0.25, 0.3) is 10.1 Å². The Morgan fingerprint density at radius 1 is 1.18 bits per heavy atom. The second-order valence-corrected chi connectivity index (χ2v) is 6.38. The Hall–Kier alpha value is -0.870. The Labute approximate surface area is 103 Å². The van der Waals surface area contributed by atoms with E-state index in [4.69, 9.17) is 4.18 Å². The average molecular weight is 254 g/mol. The third kappa shape index (κ3) is 2.87. The van der Waals surface area contributed by atoms with Gasteiger partial charge in [-0.05, 0) is 37.8 Å². The van der Waals surface area contributed by atoms with Gasteiger partial charge in [0.2, 0.25) is 0 Å². The number of hydrogen-bond donors (Lipinski definition) is 0. The predicted octanol–water partition coefficient (Wildman–Crippen LogP) is 2.89. The largest absolute Gasteiger partial charge is 0.297 e. The van der Waals surface area contributed by atoms with Crippen LogP contribution < -0.4 is 0 Å². The lowest BCUT2D eigenvalue weighted by Crippen LogP contribution is -2.20. The molecule has 17 heavy (non-hydrogen) atoms. The predicted molar refractivity (Wildman–Crippen MR) is 66.3 cm³/mol. The summed E-state index contributed by atoms with van der Waals surface area (Å²) >= 11 is 0. The molecule has 0 amide bonds. The molecule has 2 rings (SSSR count). The zero-order chi connectivity index (χ0) is 12.5. The minimum Gasteiger partial charge on any atom is -0.263 e. The fourth-order valence-corrected chi connectivity index (χ4v) is 3.37. The highest BCUT2D eigenvalue weighted by atomic mass is 32.2. The molecule has 0 heterocycles.